The van der Waals surface area contributed by atoms with E-state index in [1.54, 1.807) is 13.2 Å². The van der Waals surface area contributed by atoms with Crippen LogP contribution in [0.2, 0.25) is 15.1 Å². The Morgan fingerprint density at radius 2 is 1.56 bits per heavy atom. The van der Waals surface area contributed by atoms with Crippen molar-refractivity contribution in [3.8, 4) is 11.5 Å². The summed E-state index contributed by atoms with van der Waals surface area (Å²) in [5, 5.41) is 4.92. The lowest BCUT2D eigenvalue weighted by Gasteiger charge is -2.15. The van der Waals surface area contributed by atoms with E-state index in [1.165, 1.54) is 0 Å². The molecule has 0 aliphatic rings. The molecule has 0 amide bonds. The number of rotatable bonds is 7. The van der Waals surface area contributed by atoms with Gasteiger partial charge in [-0.15, -0.1) is 0 Å². The number of halogens is 3. The standard InChI is InChI=1S/C21H18Cl3NO2/c1-26-20-8-15(12-25-18-10-16(22)9-17(23)11-18)7-19(24)21(20)27-13-14-5-3-2-4-6-14/h2-11,25H,12-13H2,1H3. The predicted octanol–water partition coefficient (Wildman–Crippen LogP) is 6.85. The smallest absolute Gasteiger partial charge is 0.180 e. The molecule has 0 radical (unpaired) electrons. The fraction of sp³-hybridized carbons (Fsp3) is 0.143. The van der Waals surface area contributed by atoms with E-state index in [-0.39, 0.29) is 0 Å². The molecule has 3 aromatic carbocycles. The number of hydrogen-bond acceptors (Lipinski definition) is 3. The molecular weight excluding hydrogens is 405 g/mol. The highest BCUT2D eigenvalue weighted by Gasteiger charge is 2.12. The van der Waals surface area contributed by atoms with E-state index in [4.69, 9.17) is 44.3 Å². The Balaban J connectivity index is 1.73. The van der Waals surface area contributed by atoms with Crippen LogP contribution in [-0.4, -0.2) is 7.11 Å². The minimum absolute atomic E-state index is 0.412. The third-order valence-corrected chi connectivity index (χ3v) is 4.59. The van der Waals surface area contributed by atoms with Crippen LogP contribution in [0, 0.1) is 0 Å². The molecule has 0 aliphatic heterocycles. The Morgan fingerprint density at radius 1 is 0.852 bits per heavy atom. The van der Waals surface area contributed by atoms with Gasteiger partial charge in [-0.2, -0.15) is 0 Å². The first-order chi connectivity index (χ1) is 13.0. The van der Waals surface area contributed by atoms with Gasteiger partial charge >= 0.3 is 0 Å². The monoisotopic (exact) mass is 421 g/mol. The van der Waals surface area contributed by atoms with E-state index < -0.39 is 0 Å². The maximum atomic E-state index is 6.44. The van der Waals surface area contributed by atoms with Crippen LogP contribution in [0.15, 0.2) is 60.7 Å². The third kappa shape index (κ3) is 5.46. The van der Waals surface area contributed by atoms with Gasteiger partial charge in [-0.1, -0.05) is 65.1 Å². The van der Waals surface area contributed by atoms with Crippen LogP contribution in [0.4, 0.5) is 5.69 Å². The number of nitrogens with one attached hydrogen (secondary N) is 1. The van der Waals surface area contributed by atoms with Gasteiger partial charge in [0, 0.05) is 22.3 Å². The van der Waals surface area contributed by atoms with Crippen molar-refractivity contribution >= 4 is 40.5 Å². The largest absolute Gasteiger partial charge is 0.493 e. The van der Waals surface area contributed by atoms with Crippen molar-refractivity contribution in [1.29, 1.82) is 0 Å². The maximum absolute atomic E-state index is 6.44. The molecule has 1 N–H and O–H groups in total. The summed E-state index contributed by atoms with van der Waals surface area (Å²) in [6.45, 7) is 0.946. The Kier molecular flexibility index (Phi) is 6.73. The molecule has 0 fully saturated rings. The number of benzene rings is 3. The number of methoxy groups -OCH3 is 1. The molecule has 3 nitrogen and oxygen atoms in total. The van der Waals surface area contributed by atoms with Gasteiger partial charge in [-0.3, -0.25) is 0 Å². The van der Waals surface area contributed by atoms with Gasteiger partial charge in [-0.25, -0.2) is 0 Å². The van der Waals surface area contributed by atoms with Crippen LogP contribution in [0.25, 0.3) is 0 Å². The molecule has 140 valence electrons. The van der Waals surface area contributed by atoms with Gasteiger partial charge in [0.2, 0.25) is 0 Å². The van der Waals surface area contributed by atoms with Crippen LogP contribution >= 0.6 is 34.8 Å². The molecule has 0 saturated heterocycles. The number of ether oxygens (including phenoxy) is 2. The van der Waals surface area contributed by atoms with Gasteiger partial charge in [0.25, 0.3) is 0 Å². The molecule has 3 aromatic rings. The summed E-state index contributed by atoms with van der Waals surface area (Å²) < 4.78 is 11.3. The SMILES string of the molecule is COc1cc(CNc2cc(Cl)cc(Cl)c2)cc(Cl)c1OCc1ccccc1. The summed E-state index contributed by atoms with van der Waals surface area (Å²) in [5.74, 6) is 1.11. The summed E-state index contributed by atoms with van der Waals surface area (Å²) in [5.41, 5.74) is 2.83. The highest BCUT2D eigenvalue weighted by molar-refractivity contribution is 6.35. The minimum atomic E-state index is 0.412. The van der Waals surface area contributed by atoms with Gasteiger partial charge < -0.3 is 14.8 Å². The average Bonchev–Trinajstić information content (AvgIpc) is 2.65. The second-order valence-electron chi connectivity index (χ2n) is 5.89. The van der Waals surface area contributed by atoms with Crippen molar-refractivity contribution in [2.24, 2.45) is 0 Å². The lowest BCUT2D eigenvalue weighted by molar-refractivity contribution is 0.284. The van der Waals surface area contributed by atoms with Crippen LogP contribution in [0.3, 0.4) is 0 Å². The van der Waals surface area contributed by atoms with Gasteiger partial charge in [0.1, 0.15) is 6.61 Å². The molecular formula is C21H18Cl3NO2. The van der Waals surface area contributed by atoms with Gasteiger partial charge in [0.05, 0.1) is 12.1 Å². The zero-order chi connectivity index (χ0) is 19.2. The summed E-state index contributed by atoms with van der Waals surface area (Å²) in [4.78, 5) is 0. The molecule has 6 heteroatoms. The van der Waals surface area contributed by atoms with Gasteiger partial charge in [-0.05, 0) is 41.5 Å². The quantitative estimate of drug-likeness (QED) is 0.452. The van der Waals surface area contributed by atoms with Crippen LogP contribution < -0.4 is 14.8 Å². The summed E-state index contributed by atoms with van der Waals surface area (Å²) in [7, 11) is 1.59. The first kappa shape index (κ1) is 19.7. The fourth-order valence-electron chi connectivity index (χ4n) is 2.61. The first-order valence-electron chi connectivity index (χ1n) is 8.28. The Labute approximate surface area is 173 Å². The van der Waals surface area contributed by atoms with E-state index in [2.05, 4.69) is 5.32 Å². The van der Waals surface area contributed by atoms with Crippen LogP contribution in [0.1, 0.15) is 11.1 Å². The Bertz CT molecular complexity index is 897. The van der Waals surface area contributed by atoms with Crippen LogP contribution in [0.5, 0.6) is 11.5 Å². The van der Waals surface area contributed by atoms with Crippen molar-refractivity contribution in [1.82, 2.24) is 0 Å². The Hall–Kier alpha value is -2.07. The van der Waals surface area contributed by atoms with Crippen molar-refractivity contribution < 1.29 is 9.47 Å². The molecule has 0 aromatic heterocycles. The van der Waals surface area contributed by atoms with Crippen molar-refractivity contribution in [2.75, 3.05) is 12.4 Å². The lowest BCUT2D eigenvalue weighted by Crippen LogP contribution is -2.02. The lowest BCUT2D eigenvalue weighted by atomic mass is 10.2. The molecule has 0 bridgehead atoms. The topological polar surface area (TPSA) is 30.5 Å². The van der Waals surface area contributed by atoms with E-state index >= 15 is 0 Å². The zero-order valence-corrected chi connectivity index (χ0v) is 16.9. The van der Waals surface area contributed by atoms with Crippen molar-refractivity contribution in [3.05, 3.63) is 86.9 Å². The highest BCUT2D eigenvalue weighted by atomic mass is 35.5. The third-order valence-electron chi connectivity index (χ3n) is 3.87. The van der Waals surface area contributed by atoms with Crippen LogP contribution in [-0.2, 0) is 13.2 Å². The van der Waals surface area contributed by atoms with E-state index in [0.717, 1.165) is 16.8 Å². The second kappa shape index (κ2) is 9.23. The summed E-state index contributed by atoms with van der Waals surface area (Å²) in [6.07, 6.45) is 0. The molecule has 0 aliphatic carbocycles. The predicted molar refractivity (Wildman–Crippen MR) is 113 cm³/mol. The zero-order valence-electron chi connectivity index (χ0n) is 14.6. The van der Waals surface area contributed by atoms with E-state index in [0.29, 0.717) is 39.7 Å². The second-order valence-corrected chi connectivity index (χ2v) is 7.18. The number of hydrogen-bond donors (Lipinski definition) is 1. The Morgan fingerprint density at radius 3 is 2.22 bits per heavy atom. The fourth-order valence-corrected chi connectivity index (χ4v) is 3.42. The maximum Gasteiger partial charge on any atom is 0.180 e. The molecule has 0 saturated carbocycles. The highest BCUT2D eigenvalue weighted by Crippen LogP contribution is 2.37. The first-order valence-corrected chi connectivity index (χ1v) is 9.41. The molecule has 0 heterocycles. The summed E-state index contributed by atoms with van der Waals surface area (Å²) in [6, 6.07) is 18.9. The molecule has 3 rings (SSSR count). The van der Waals surface area contributed by atoms with Crippen molar-refractivity contribution in [3.63, 3.8) is 0 Å². The van der Waals surface area contributed by atoms with E-state index in [1.807, 2.05) is 54.6 Å². The van der Waals surface area contributed by atoms with E-state index in [9.17, 15) is 0 Å². The molecule has 0 spiro atoms. The molecule has 0 atom stereocenters. The van der Waals surface area contributed by atoms with Gasteiger partial charge in [0.15, 0.2) is 11.5 Å². The normalized spacial score (nSPS) is 10.5. The molecule has 0 unspecified atom stereocenters. The number of anilines is 1. The minimum Gasteiger partial charge on any atom is -0.493 e. The summed E-state index contributed by atoms with van der Waals surface area (Å²) >= 11 is 18.5. The molecule has 27 heavy (non-hydrogen) atoms. The average molecular weight is 423 g/mol. The van der Waals surface area contributed by atoms with Crippen molar-refractivity contribution in [2.45, 2.75) is 13.2 Å².